The van der Waals surface area contributed by atoms with Gasteiger partial charge in [0.15, 0.2) is 0 Å². The Morgan fingerprint density at radius 3 is 1.12 bits per heavy atom. The van der Waals surface area contributed by atoms with Gasteiger partial charge in [-0.3, -0.25) is 0 Å². The van der Waals surface area contributed by atoms with E-state index < -0.39 is 23.5 Å². The molecule has 0 amide bonds. The molecule has 0 N–H and O–H groups in total. The zero-order valence-electron chi connectivity index (χ0n) is 5.13. The second-order valence-electron chi connectivity index (χ2n) is 2.75. The first-order chi connectivity index (χ1) is 3.25. The van der Waals surface area contributed by atoms with Crippen LogP contribution < -0.4 is 0 Å². The molecule has 0 saturated heterocycles. The zero-order chi connectivity index (χ0) is 7.00. The molecule has 50 valence electrons. The van der Waals surface area contributed by atoms with Gasteiger partial charge in [-0.2, -0.15) is 0 Å². The van der Waals surface area contributed by atoms with Crippen molar-refractivity contribution in [2.24, 2.45) is 0 Å². The summed E-state index contributed by atoms with van der Waals surface area (Å²) in [4.78, 5) is 0. The van der Waals surface area contributed by atoms with Crippen LogP contribution in [0.3, 0.4) is 0 Å². The second-order valence-corrected chi connectivity index (χ2v) is 9.87. The number of hydrogen-bond acceptors (Lipinski definition) is 0. The Balaban J connectivity index is 4.02. The van der Waals surface area contributed by atoms with Gasteiger partial charge in [0.1, 0.15) is 0 Å². The van der Waals surface area contributed by atoms with E-state index in [2.05, 4.69) is 0 Å². The van der Waals surface area contributed by atoms with Crippen LogP contribution in [0.25, 0.3) is 0 Å². The normalized spacial score (nSPS) is 14.2. The Bertz CT molecular complexity index is 66.3. The molecule has 0 aliphatic rings. The van der Waals surface area contributed by atoms with Gasteiger partial charge in [-0.05, 0) is 0 Å². The molecule has 0 aromatic carbocycles. The Morgan fingerprint density at radius 2 is 1.12 bits per heavy atom. The fraction of sp³-hybridized carbons (Fsp3) is 1.00. The molecule has 0 unspecified atom stereocenters. The summed E-state index contributed by atoms with van der Waals surface area (Å²) >= 11 is -6.02. The van der Waals surface area contributed by atoms with E-state index in [4.69, 9.17) is 0 Å². The molecule has 0 radical (unpaired) electrons. The third-order valence-electron chi connectivity index (χ3n) is 0.850. The quantitative estimate of drug-likeness (QED) is 0.564. The van der Waals surface area contributed by atoms with Crippen LogP contribution in [0.1, 0.15) is 20.8 Å². The van der Waals surface area contributed by atoms with Crippen LogP contribution in [0.15, 0.2) is 0 Å². The third kappa shape index (κ3) is 2.24. The van der Waals surface area contributed by atoms with Crippen LogP contribution in [0, 0.1) is 0 Å². The molecular formula is C4H9F3Sn. The fourth-order valence-corrected chi connectivity index (χ4v) is 0. The number of rotatable bonds is 0. The number of hydrogen-bond donors (Lipinski definition) is 0. The summed E-state index contributed by atoms with van der Waals surface area (Å²) in [6, 6.07) is 0. The molecule has 0 bridgehead atoms. The minimum atomic E-state index is -6.02. The molecule has 0 saturated carbocycles. The number of halogens is 3. The molecule has 0 fully saturated rings. The first-order valence-corrected chi connectivity index (χ1v) is 6.98. The molecule has 0 aromatic heterocycles. The zero-order valence-corrected chi connectivity index (χ0v) is 7.99. The van der Waals surface area contributed by atoms with E-state index in [1.54, 1.807) is 0 Å². The fourth-order valence-electron chi connectivity index (χ4n) is 0. The van der Waals surface area contributed by atoms with Crippen LogP contribution in [0.2, 0.25) is 3.43 Å². The van der Waals surface area contributed by atoms with Crippen LogP contribution in [0.4, 0.5) is 8.60 Å². The van der Waals surface area contributed by atoms with E-state index in [9.17, 15) is 8.60 Å². The average Bonchev–Trinajstić information content (AvgIpc) is 1.25. The predicted molar refractivity (Wildman–Crippen MR) is 28.8 cm³/mol. The molecule has 0 spiro atoms. The predicted octanol–water partition coefficient (Wildman–Crippen LogP) is 2.63. The second kappa shape index (κ2) is 2.08. The van der Waals surface area contributed by atoms with Crippen molar-refractivity contribution >= 4 is 20.1 Å². The average molecular weight is 233 g/mol. The van der Waals surface area contributed by atoms with Gasteiger partial charge in [-0.15, -0.1) is 0 Å². The Labute approximate surface area is 53.3 Å². The summed E-state index contributed by atoms with van der Waals surface area (Å²) in [5, 5.41) is 0. The molecular weight excluding hydrogens is 224 g/mol. The van der Waals surface area contributed by atoms with E-state index in [1.165, 1.54) is 20.8 Å². The van der Waals surface area contributed by atoms with Crippen molar-refractivity contribution in [2.75, 3.05) is 0 Å². The van der Waals surface area contributed by atoms with Gasteiger partial charge in [0, 0.05) is 0 Å². The molecule has 0 heterocycles. The maximum absolute atomic E-state index is 11.8. The van der Waals surface area contributed by atoms with Crippen molar-refractivity contribution in [2.45, 2.75) is 24.2 Å². The van der Waals surface area contributed by atoms with Gasteiger partial charge >= 0.3 is 52.9 Å². The Morgan fingerprint density at radius 1 is 1.00 bits per heavy atom. The molecule has 0 nitrogen and oxygen atoms in total. The van der Waals surface area contributed by atoms with Crippen LogP contribution in [-0.2, 0) is 0 Å². The summed E-state index contributed by atoms with van der Waals surface area (Å²) in [5.74, 6) is 0. The van der Waals surface area contributed by atoms with Crippen molar-refractivity contribution in [3.05, 3.63) is 0 Å². The van der Waals surface area contributed by atoms with E-state index in [1.807, 2.05) is 0 Å². The summed E-state index contributed by atoms with van der Waals surface area (Å²) in [6.07, 6.45) is 0. The van der Waals surface area contributed by atoms with Crippen molar-refractivity contribution in [1.82, 2.24) is 0 Å². The van der Waals surface area contributed by atoms with Gasteiger partial charge < -0.3 is 0 Å². The van der Waals surface area contributed by atoms with Crippen LogP contribution in [-0.4, -0.2) is 20.1 Å². The van der Waals surface area contributed by atoms with Gasteiger partial charge in [0.25, 0.3) is 0 Å². The summed E-state index contributed by atoms with van der Waals surface area (Å²) < 4.78 is 34.0. The first kappa shape index (κ1) is 8.59. The molecule has 0 aromatic rings. The van der Waals surface area contributed by atoms with Gasteiger partial charge in [-0.1, -0.05) is 0 Å². The molecule has 0 aliphatic carbocycles. The van der Waals surface area contributed by atoms with Crippen LogP contribution in [0.5, 0.6) is 0 Å². The first-order valence-electron chi connectivity index (χ1n) is 2.32. The van der Waals surface area contributed by atoms with E-state index in [-0.39, 0.29) is 0 Å². The summed E-state index contributed by atoms with van der Waals surface area (Å²) in [7, 11) is 0. The molecule has 8 heavy (non-hydrogen) atoms. The van der Waals surface area contributed by atoms with Crippen LogP contribution >= 0.6 is 0 Å². The van der Waals surface area contributed by atoms with Crippen molar-refractivity contribution in [3.8, 4) is 0 Å². The Kier molecular flexibility index (Phi) is 2.23. The molecule has 0 rings (SSSR count). The molecule has 4 heteroatoms. The maximum atomic E-state index is 11.8. The van der Waals surface area contributed by atoms with Gasteiger partial charge in [0.2, 0.25) is 0 Å². The summed E-state index contributed by atoms with van der Waals surface area (Å²) in [6.45, 7) is 3.72. The monoisotopic (exact) mass is 234 g/mol. The summed E-state index contributed by atoms with van der Waals surface area (Å²) in [5.41, 5.74) is 0. The van der Waals surface area contributed by atoms with Gasteiger partial charge in [-0.25, -0.2) is 0 Å². The van der Waals surface area contributed by atoms with Gasteiger partial charge in [0.05, 0.1) is 0 Å². The van der Waals surface area contributed by atoms with E-state index >= 15 is 0 Å². The van der Waals surface area contributed by atoms with E-state index in [0.29, 0.717) is 0 Å². The van der Waals surface area contributed by atoms with E-state index in [0.717, 1.165) is 0 Å². The standard InChI is InChI=1S/C4H9.3FH.Sn/c1-4(2)3;;;;/h1-3H3;3*1H;/q;;;;+3/p-3. The third-order valence-corrected chi connectivity index (χ3v) is 5.70. The Hall–Kier alpha value is 0.589. The molecule has 0 aliphatic heterocycles. The molecule has 0 atom stereocenters. The SMILES string of the molecule is C[C](C)(C)[Sn]([F])([F])[F]. The van der Waals surface area contributed by atoms with Crippen molar-refractivity contribution < 1.29 is 8.60 Å². The van der Waals surface area contributed by atoms with Crippen molar-refractivity contribution in [3.63, 3.8) is 0 Å². The topological polar surface area (TPSA) is 0 Å². The van der Waals surface area contributed by atoms with Crippen molar-refractivity contribution in [1.29, 1.82) is 0 Å². The minimum absolute atomic E-state index is 1.24.